The summed E-state index contributed by atoms with van der Waals surface area (Å²) in [7, 11) is 1.53. The van der Waals surface area contributed by atoms with Crippen molar-refractivity contribution >= 4 is 5.91 Å². The lowest BCUT2D eigenvalue weighted by Crippen LogP contribution is -2.22. The van der Waals surface area contributed by atoms with Gasteiger partial charge in [0.15, 0.2) is 0 Å². The summed E-state index contributed by atoms with van der Waals surface area (Å²) in [6, 6.07) is 10.7. The Morgan fingerprint density at radius 1 is 1.20 bits per heavy atom. The molecule has 1 amide bonds. The van der Waals surface area contributed by atoms with Gasteiger partial charge in [-0.3, -0.25) is 4.79 Å². The lowest BCUT2D eigenvalue weighted by Gasteiger charge is -2.06. The second kappa shape index (κ2) is 6.68. The first-order valence-corrected chi connectivity index (χ1v) is 6.20. The molecule has 1 aromatic carbocycles. The minimum atomic E-state index is -0.189. The Morgan fingerprint density at radius 3 is 2.45 bits per heavy atom. The standard InChI is InChI=1S/C15H16N2O3/c1-20-14-7-6-13(9-16-14)15(19)17-8-11-2-4-12(10-18)5-3-11/h2-7,9,18H,8,10H2,1H3,(H,17,19). The number of methoxy groups -OCH3 is 1. The van der Waals surface area contributed by atoms with Crippen molar-refractivity contribution < 1.29 is 14.6 Å². The van der Waals surface area contributed by atoms with Crippen LogP contribution in [0.15, 0.2) is 42.6 Å². The van der Waals surface area contributed by atoms with Gasteiger partial charge in [0.25, 0.3) is 5.91 Å². The van der Waals surface area contributed by atoms with Crippen molar-refractivity contribution in [3.8, 4) is 5.88 Å². The third kappa shape index (κ3) is 3.55. The van der Waals surface area contributed by atoms with Crippen molar-refractivity contribution in [1.29, 1.82) is 0 Å². The summed E-state index contributed by atoms with van der Waals surface area (Å²) in [6.07, 6.45) is 1.48. The molecule has 0 saturated heterocycles. The molecule has 0 spiro atoms. The van der Waals surface area contributed by atoms with Crippen LogP contribution in [0.25, 0.3) is 0 Å². The van der Waals surface area contributed by atoms with Gasteiger partial charge in [-0.1, -0.05) is 24.3 Å². The van der Waals surface area contributed by atoms with Crippen LogP contribution in [-0.2, 0) is 13.2 Å². The molecule has 20 heavy (non-hydrogen) atoms. The number of nitrogens with one attached hydrogen (secondary N) is 1. The van der Waals surface area contributed by atoms with E-state index < -0.39 is 0 Å². The maximum Gasteiger partial charge on any atom is 0.253 e. The second-order valence-corrected chi connectivity index (χ2v) is 4.25. The molecule has 0 aliphatic carbocycles. The van der Waals surface area contributed by atoms with Gasteiger partial charge in [0.2, 0.25) is 5.88 Å². The van der Waals surface area contributed by atoms with Crippen molar-refractivity contribution in [3.05, 3.63) is 59.3 Å². The Morgan fingerprint density at radius 2 is 1.90 bits per heavy atom. The summed E-state index contributed by atoms with van der Waals surface area (Å²) >= 11 is 0. The topological polar surface area (TPSA) is 71.5 Å². The summed E-state index contributed by atoms with van der Waals surface area (Å²) in [6.45, 7) is 0.445. The first-order valence-electron chi connectivity index (χ1n) is 6.20. The predicted molar refractivity (Wildman–Crippen MR) is 74.3 cm³/mol. The fraction of sp³-hybridized carbons (Fsp3) is 0.200. The van der Waals surface area contributed by atoms with Gasteiger partial charge in [0.1, 0.15) is 0 Å². The zero-order valence-electron chi connectivity index (χ0n) is 11.2. The summed E-state index contributed by atoms with van der Waals surface area (Å²) in [5, 5.41) is 11.8. The monoisotopic (exact) mass is 272 g/mol. The first kappa shape index (κ1) is 14.0. The van der Waals surface area contributed by atoms with Gasteiger partial charge in [-0.2, -0.15) is 0 Å². The van der Waals surface area contributed by atoms with E-state index in [1.54, 1.807) is 12.1 Å². The number of benzene rings is 1. The molecule has 0 unspecified atom stereocenters. The van der Waals surface area contributed by atoms with Gasteiger partial charge in [0, 0.05) is 18.8 Å². The molecule has 0 fully saturated rings. The van der Waals surface area contributed by atoms with E-state index in [0.717, 1.165) is 11.1 Å². The largest absolute Gasteiger partial charge is 0.481 e. The molecule has 1 heterocycles. The fourth-order valence-corrected chi connectivity index (χ4v) is 1.68. The van der Waals surface area contributed by atoms with Gasteiger partial charge in [-0.15, -0.1) is 0 Å². The number of aromatic nitrogens is 1. The smallest absolute Gasteiger partial charge is 0.253 e. The predicted octanol–water partition coefficient (Wildman–Crippen LogP) is 1.51. The summed E-state index contributed by atoms with van der Waals surface area (Å²) < 4.78 is 4.94. The van der Waals surface area contributed by atoms with Crippen LogP contribution < -0.4 is 10.1 Å². The quantitative estimate of drug-likeness (QED) is 0.865. The number of ether oxygens (including phenoxy) is 1. The molecule has 2 N–H and O–H groups in total. The molecule has 2 rings (SSSR count). The molecule has 2 aromatic rings. The van der Waals surface area contributed by atoms with Crippen molar-refractivity contribution in [3.63, 3.8) is 0 Å². The highest BCUT2D eigenvalue weighted by Gasteiger charge is 2.06. The van der Waals surface area contributed by atoms with Crippen LogP contribution in [-0.4, -0.2) is 23.1 Å². The zero-order valence-corrected chi connectivity index (χ0v) is 11.2. The van der Waals surface area contributed by atoms with Gasteiger partial charge >= 0.3 is 0 Å². The minimum Gasteiger partial charge on any atom is -0.481 e. The van der Waals surface area contributed by atoms with Crippen molar-refractivity contribution in [2.75, 3.05) is 7.11 Å². The number of hydrogen-bond donors (Lipinski definition) is 2. The Balaban J connectivity index is 1.93. The average Bonchev–Trinajstić information content (AvgIpc) is 2.53. The zero-order chi connectivity index (χ0) is 14.4. The third-order valence-electron chi connectivity index (χ3n) is 2.87. The van der Waals surface area contributed by atoms with E-state index in [9.17, 15) is 4.79 Å². The van der Waals surface area contributed by atoms with Gasteiger partial charge in [-0.05, 0) is 17.2 Å². The number of carbonyl (C=O) groups excluding carboxylic acids is 1. The molecule has 0 bridgehead atoms. The molecule has 1 aromatic heterocycles. The van der Waals surface area contributed by atoms with Crippen LogP contribution in [0.4, 0.5) is 0 Å². The Labute approximate surface area is 117 Å². The highest BCUT2D eigenvalue weighted by Crippen LogP contribution is 2.07. The Kier molecular flexibility index (Phi) is 4.68. The number of hydrogen-bond acceptors (Lipinski definition) is 4. The van der Waals surface area contributed by atoms with E-state index in [1.165, 1.54) is 13.3 Å². The maximum absolute atomic E-state index is 11.9. The van der Waals surface area contributed by atoms with Gasteiger partial charge < -0.3 is 15.2 Å². The molecular formula is C15H16N2O3. The summed E-state index contributed by atoms with van der Waals surface area (Å²) in [4.78, 5) is 15.9. The van der Waals surface area contributed by atoms with Crippen molar-refractivity contribution in [1.82, 2.24) is 10.3 Å². The number of aliphatic hydroxyl groups excluding tert-OH is 1. The Bertz CT molecular complexity index is 565. The number of aliphatic hydroxyl groups is 1. The highest BCUT2D eigenvalue weighted by molar-refractivity contribution is 5.93. The van der Waals surface area contributed by atoms with Crippen LogP contribution >= 0.6 is 0 Å². The molecule has 0 atom stereocenters. The SMILES string of the molecule is COc1ccc(C(=O)NCc2ccc(CO)cc2)cn1. The lowest BCUT2D eigenvalue weighted by molar-refractivity contribution is 0.0950. The second-order valence-electron chi connectivity index (χ2n) is 4.25. The van der Waals surface area contributed by atoms with E-state index in [0.29, 0.717) is 18.0 Å². The molecule has 0 radical (unpaired) electrons. The minimum absolute atomic E-state index is 0.0180. The van der Waals surface area contributed by atoms with E-state index in [1.807, 2.05) is 24.3 Å². The molecule has 0 saturated carbocycles. The molecule has 0 aliphatic rings. The third-order valence-corrected chi connectivity index (χ3v) is 2.87. The number of rotatable bonds is 5. The van der Waals surface area contributed by atoms with E-state index in [4.69, 9.17) is 9.84 Å². The maximum atomic E-state index is 11.9. The van der Waals surface area contributed by atoms with Crippen molar-refractivity contribution in [2.45, 2.75) is 13.2 Å². The number of pyridine rings is 1. The van der Waals surface area contributed by atoms with Crippen molar-refractivity contribution in [2.24, 2.45) is 0 Å². The van der Waals surface area contributed by atoms with Gasteiger partial charge in [-0.25, -0.2) is 4.98 Å². The van der Waals surface area contributed by atoms with Crippen LogP contribution in [0, 0.1) is 0 Å². The van der Waals surface area contributed by atoms with Gasteiger partial charge in [0.05, 0.1) is 19.3 Å². The van der Waals surface area contributed by atoms with E-state index in [-0.39, 0.29) is 12.5 Å². The van der Waals surface area contributed by atoms with Crippen LogP contribution in [0.3, 0.4) is 0 Å². The van der Waals surface area contributed by atoms with Crippen LogP contribution in [0.5, 0.6) is 5.88 Å². The van der Waals surface area contributed by atoms with E-state index in [2.05, 4.69) is 10.3 Å². The number of nitrogens with zero attached hydrogens (tertiary/aromatic N) is 1. The average molecular weight is 272 g/mol. The highest BCUT2D eigenvalue weighted by atomic mass is 16.5. The molecular weight excluding hydrogens is 256 g/mol. The van der Waals surface area contributed by atoms with E-state index >= 15 is 0 Å². The number of amides is 1. The number of carbonyl (C=O) groups is 1. The van der Waals surface area contributed by atoms with Crippen LogP contribution in [0.2, 0.25) is 0 Å². The van der Waals surface area contributed by atoms with Crippen LogP contribution in [0.1, 0.15) is 21.5 Å². The molecule has 5 nitrogen and oxygen atoms in total. The first-order chi connectivity index (χ1) is 9.72. The molecule has 0 aliphatic heterocycles. The Hall–Kier alpha value is -2.40. The molecule has 104 valence electrons. The summed E-state index contributed by atoms with van der Waals surface area (Å²) in [5.41, 5.74) is 2.30. The fourth-order valence-electron chi connectivity index (χ4n) is 1.68. The normalized spacial score (nSPS) is 10.1. The summed E-state index contributed by atoms with van der Waals surface area (Å²) in [5.74, 6) is 0.285. The lowest BCUT2D eigenvalue weighted by atomic mass is 10.1. The molecule has 5 heteroatoms.